The molecule has 0 bridgehead atoms. The number of aromatic nitrogens is 2. The van der Waals surface area contributed by atoms with Gasteiger partial charge in [-0.15, -0.1) is 11.3 Å². The zero-order chi connectivity index (χ0) is 12.4. The normalized spacial score (nSPS) is 12.6. The van der Waals surface area contributed by atoms with Gasteiger partial charge in [-0.3, -0.25) is 4.79 Å². The number of nitrogen functional groups attached to an aromatic ring is 1. The van der Waals surface area contributed by atoms with Crippen molar-refractivity contribution in [2.24, 2.45) is 0 Å². The summed E-state index contributed by atoms with van der Waals surface area (Å²) in [7, 11) is 0. The van der Waals surface area contributed by atoms with Crippen LogP contribution >= 0.6 is 11.3 Å². The molecule has 2 heterocycles. The van der Waals surface area contributed by atoms with Crippen LogP contribution in [0.5, 0.6) is 0 Å². The van der Waals surface area contributed by atoms with Gasteiger partial charge in [0.05, 0.1) is 5.69 Å². The second-order valence-corrected chi connectivity index (χ2v) is 4.84. The maximum atomic E-state index is 12.0. The highest BCUT2D eigenvalue weighted by molar-refractivity contribution is 7.21. The fraction of sp³-hybridized carbons (Fsp3) is 0.364. The molecule has 17 heavy (non-hydrogen) atoms. The summed E-state index contributed by atoms with van der Waals surface area (Å²) in [5.74, 6) is -0.151. The summed E-state index contributed by atoms with van der Waals surface area (Å²) < 4.78 is 0. The lowest BCUT2D eigenvalue weighted by Crippen LogP contribution is -2.31. The fourth-order valence-electron chi connectivity index (χ4n) is 1.40. The van der Waals surface area contributed by atoms with Crippen LogP contribution in [-0.4, -0.2) is 21.9 Å². The third-order valence-electron chi connectivity index (χ3n) is 2.56. The third kappa shape index (κ3) is 2.21. The summed E-state index contributed by atoms with van der Waals surface area (Å²) in [4.78, 5) is 21.4. The standard InChI is InChI=1S/C11H14N4OS/c1-3-6(2)15-10(16)9-7(12)8-11(17-9)14-5-4-13-8/h4-6H,3,12H2,1-2H3,(H,15,16). The Labute approximate surface area is 103 Å². The quantitative estimate of drug-likeness (QED) is 0.870. The van der Waals surface area contributed by atoms with Gasteiger partial charge in [0, 0.05) is 18.4 Å². The first-order chi connectivity index (χ1) is 8.13. The monoisotopic (exact) mass is 250 g/mol. The number of carbonyl (C=O) groups is 1. The second-order valence-electron chi connectivity index (χ2n) is 3.84. The van der Waals surface area contributed by atoms with Gasteiger partial charge < -0.3 is 11.1 Å². The Morgan fingerprint density at radius 1 is 1.53 bits per heavy atom. The number of amides is 1. The number of thiophene rings is 1. The molecule has 1 amide bonds. The van der Waals surface area contributed by atoms with Crippen LogP contribution < -0.4 is 11.1 Å². The molecule has 0 aliphatic rings. The van der Waals surface area contributed by atoms with E-state index in [-0.39, 0.29) is 11.9 Å². The molecular formula is C11H14N4OS. The van der Waals surface area contributed by atoms with Crippen LogP contribution in [0.25, 0.3) is 10.3 Å². The van der Waals surface area contributed by atoms with E-state index in [2.05, 4.69) is 15.3 Å². The number of hydrogen-bond donors (Lipinski definition) is 2. The highest BCUT2D eigenvalue weighted by Gasteiger charge is 2.18. The zero-order valence-corrected chi connectivity index (χ0v) is 10.5. The lowest BCUT2D eigenvalue weighted by molar-refractivity contribution is 0.0944. The van der Waals surface area contributed by atoms with Crippen molar-refractivity contribution in [2.45, 2.75) is 26.3 Å². The van der Waals surface area contributed by atoms with E-state index in [9.17, 15) is 4.79 Å². The fourth-order valence-corrected chi connectivity index (χ4v) is 2.33. The molecule has 0 aromatic carbocycles. The van der Waals surface area contributed by atoms with Crippen molar-refractivity contribution in [1.29, 1.82) is 0 Å². The summed E-state index contributed by atoms with van der Waals surface area (Å²) in [5.41, 5.74) is 6.92. The molecule has 0 spiro atoms. The Kier molecular flexibility index (Phi) is 3.23. The average molecular weight is 250 g/mol. The van der Waals surface area contributed by atoms with Crippen molar-refractivity contribution in [2.75, 3.05) is 5.73 Å². The van der Waals surface area contributed by atoms with Crippen molar-refractivity contribution < 1.29 is 4.79 Å². The first-order valence-electron chi connectivity index (χ1n) is 5.43. The van der Waals surface area contributed by atoms with Gasteiger partial charge in [0.2, 0.25) is 0 Å². The molecule has 2 aromatic heterocycles. The Balaban J connectivity index is 2.35. The van der Waals surface area contributed by atoms with E-state index in [0.717, 1.165) is 6.42 Å². The predicted molar refractivity (Wildman–Crippen MR) is 69.0 cm³/mol. The van der Waals surface area contributed by atoms with E-state index >= 15 is 0 Å². The lowest BCUT2D eigenvalue weighted by atomic mass is 10.2. The molecule has 3 N–H and O–H groups in total. The van der Waals surface area contributed by atoms with E-state index < -0.39 is 0 Å². The topological polar surface area (TPSA) is 80.9 Å². The molecule has 1 unspecified atom stereocenters. The summed E-state index contributed by atoms with van der Waals surface area (Å²) in [6, 6.07) is 0.132. The molecule has 6 heteroatoms. The molecule has 5 nitrogen and oxygen atoms in total. The van der Waals surface area contributed by atoms with Crippen molar-refractivity contribution in [3.63, 3.8) is 0 Å². The molecule has 0 saturated carbocycles. The Bertz CT molecular complexity index is 551. The minimum absolute atomic E-state index is 0.132. The van der Waals surface area contributed by atoms with Crippen LogP contribution in [0.15, 0.2) is 12.4 Å². The maximum absolute atomic E-state index is 12.0. The molecule has 0 saturated heterocycles. The Morgan fingerprint density at radius 3 is 2.88 bits per heavy atom. The average Bonchev–Trinajstić information content (AvgIpc) is 2.67. The van der Waals surface area contributed by atoms with Gasteiger partial charge in [0.15, 0.2) is 0 Å². The van der Waals surface area contributed by atoms with Crippen LogP contribution in [0, 0.1) is 0 Å². The van der Waals surface area contributed by atoms with E-state index in [1.54, 1.807) is 12.4 Å². The first-order valence-corrected chi connectivity index (χ1v) is 6.25. The summed E-state index contributed by atoms with van der Waals surface area (Å²) in [5, 5.41) is 2.88. The minimum Gasteiger partial charge on any atom is -0.396 e. The van der Waals surface area contributed by atoms with Gasteiger partial charge in [-0.05, 0) is 13.3 Å². The number of rotatable bonds is 3. The SMILES string of the molecule is CCC(C)NC(=O)c1sc2nccnc2c1N. The van der Waals surface area contributed by atoms with Gasteiger partial charge in [0.25, 0.3) is 5.91 Å². The van der Waals surface area contributed by atoms with Crippen LogP contribution in [0.2, 0.25) is 0 Å². The van der Waals surface area contributed by atoms with Crippen LogP contribution in [0.4, 0.5) is 5.69 Å². The molecule has 2 aromatic rings. The van der Waals surface area contributed by atoms with E-state index in [4.69, 9.17) is 5.73 Å². The van der Waals surface area contributed by atoms with Crippen molar-refractivity contribution in [3.05, 3.63) is 17.3 Å². The van der Waals surface area contributed by atoms with Gasteiger partial charge in [-0.25, -0.2) is 9.97 Å². The van der Waals surface area contributed by atoms with Gasteiger partial charge in [-0.2, -0.15) is 0 Å². The molecule has 1 atom stereocenters. The number of nitrogens with one attached hydrogen (secondary N) is 1. The Morgan fingerprint density at radius 2 is 2.24 bits per heavy atom. The summed E-state index contributed by atoms with van der Waals surface area (Å²) in [6.07, 6.45) is 4.05. The number of carbonyl (C=O) groups excluding carboxylic acids is 1. The summed E-state index contributed by atoms with van der Waals surface area (Å²) >= 11 is 1.27. The zero-order valence-electron chi connectivity index (χ0n) is 9.73. The van der Waals surface area contributed by atoms with Crippen molar-refractivity contribution in [3.8, 4) is 0 Å². The van der Waals surface area contributed by atoms with Crippen LogP contribution in [-0.2, 0) is 0 Å². The van der Waals surface area contributed by atoms with Crippen molar-refractivity contribution in [1.82, 2.24) is 15.3 Å². The molecule has 0 radical (unpaired) electrons. The third-order valence-corrected chi connectivity index (χ3v) is 3.66. The van der Waals surface area contributed by atoms with Crippen LogP contribution in [0.3, 0.4) is 0 Å². The van der Waals surface area contributed by atoms with E-state index in [1.165, 1.54) is 11.3 Å². The lowest BCUT2D eigenvalue weighted by Gasteiger charge is -2.10. The minimum atomic E-state index is -0.151. The number of nitrogens with zero attached hydrogens (tertiary/aromatic N) is 2. The molecule has 0 fully saturated rings. The maximum Gasteiger partial charge on any atom is 0.263 e. The molecule has 90 valence electrons. The number of hydrogen-bond acceptors (Lipinski definition) is 5. The number of anilines is 1. The van der Waals surface area contributed by atoms with E-state index in [1.807, 2.05) is 13.8 Å². The van der Waals surface area contributed by atoms with Crippen LogP contribution in [0.1, 0.15) is 29.9 Å². The number of fused-ring (bicyclic) bond motifs is 1. The summed E-state index contributed by atoms with van der Waals surface area (Å²) in [6.45, 7) is 3.97. The highest BCUT2D eigenvalue weighted by Crippen LogP contribution is 2.30. The van der Waals surface area contributed by atoms with E-state index in [0.29, 0.717) is 20.9 Å². The van der Waals surface area contributed by atoms with Gasteiger partial charge in [-0.1, -0.05) is 6.92 Å². The molecule has 0 aliphatic carbocycles. The highest BCUT2D eigenvalue weighted by atomic mass is 32.1. The first kappa shape index (κ1) is 11.8. The molecule has 0 aliphatic heterocycles. The Hall–Kier alpha value is -1.69. The van der Waals surface area contributed by atoms with Gasteiger partial charge >= 0.3 is 0 Å². The smallest absolute Gasteiger partial charge is 0.263 e. The second kappa shape index (κ2) is 4.67. The van der Waals surface area contributed by atoms with Crippen molar-refractivity contribution >= 4 is 33.3 Å². The molecule has 2 rings (SSSR count). The van der Waals surface area contributed by atoms with Gasteiger partial charge in [0.1, 0.15) is 15.2 Å². The largest absolute Gasteiger partial charge is 0.396 e. The number of nitrogens with two attached hydrogens (primary N) is 1. The predicted octanol–water partition coefficient (Wildman–Crippen LogP) is 1.80. The molecular weight excluding hydrogens is 236 g/mol.